The lowest BCUT2D eigenvalue weighted by Crippen LogP contribution is -2.54. The largest absolute Gasteiger partial charge is 0.360 e. The molecule has 5 heteroatoms. The number of rotatable bonds is 3. The van der Waals surface area contributed by atoms with E-state index in [-0.39, 0.29) is 17.7 Å². The van der Waals surface area contributed by atoms with Crippen molar-refractivity contribution < 1.29 is 9.59 Å². The van der Waals surface area contributed by atoms with Crippen molar-refractivity contribution in [2.24, 2.45) is 5.92 Å². The highest BCUT2D eigenvalue weighted by Gasteiger charge is 2.36. The third kappa shape index (κ3) is 2.72. The fourth-order valence-corrected chi connectivity index (χ4v) is 3.80. The highest BCUT2D eigenvalue weighted by molar-refractivity contribution is 6.08. The van der Waals surface area contributed by atoms with Crippen LogP contribution in [0.4, 0.5) is 5.69 Å². The standard InChI is InChI=1S/C23H19N3O2/c27-22(25-21-11-5-7-15-6-1-2-8-17(15)21)16-13-26(14-16)23(28)19-12-24-20-10-4-3-9-18(19)20/h1-12,16,24H,13-14H2,(H,25,27). The van der Waals surface area contributed by atoms with Crippen molar-refractivity contribution in [3.05, 3.63) is 78.5 Å². The third-order valence-corrected chi connectivity index (χ3v) is 5.41. The van der Waals surface area contributed by atoms with Gasteiger partial charge in [-0.1, -0.05) is 54.6 Å². The van der Waals surface area contributed by atoms with Gasteiger partial charge in [0.05, 0.1) is 11.5 Å². The molecule has 28 heavy (non-hydrogen) atoms. The molecule has 1 aliphatic heterocycles. The summed E-state index contributed by atoms with van der Waals surface area (Å²) in [4.78, 5) is 30.3. The van der Waals surface area contributed by atoms with Crippen molar-refractivity contribution in [3.63, 3.8) is 0 Å². The monoisotopic (exact) mass is 369 g/mol. The Hall–Kier alpha value is -3.60. The van der Waals surface area contributed by atoms with E-state index in [2.05, 4.69) is 10.3 Å². The summed E-state index contributed by atoms with van der Waals surface area (Å²) in [7, 11) is 0. The molecule has 0 aliphatic carbocycles. The van der Waals surface area contributed by atoms with Crippen LogP contribution in [0.1, 0.15) is 10.4 Å². The molecule has 4 aromatic rings. The fourth-order valence-electron chi connectivity index (χ4n) is 3.80. The second-order valence-electron chi connectivity index (χ2n) is 7.17. The van der Waals surface area contributed by atoms with Gasteiger partial charge in [-0.15, -0.1) is 0 Å². The van der Waals surface area contributed by atoms with Gasteiger partial charge in [0.25, 0.3) is 5.91 Å². The van der Waals surface area contributed by atoms with E-state index in [1.807, 2.05) is 66.7 Å². The quantitative estimate of drug-likeness (QED) is 0.573. The van der Waals surface area contributed by atoms with E-state index in [0.717, 1.165) is 27.4 Å². The van der Waals surface area contributed by atoms with E-state index in [9.17, 15) is 9.59 Å². The predicted molar refractivity (Wildman–Crippen MR) is 110 cm³/mol. The number of hydrogen-bond acceptors (Lipinski definition) is 2. The SMILES string of the molecule is O=C(Nc1cccc2ccccc12)C1CN(C(=O)c2c[nH]c3ccccc23)C1. The average Bonchev–Trinajstić information content (AvgIpc) is 3.11. The maximum atomic E-state index is 12.8. The Bertz CT molecular complexity index is 1200. The zero-order valence-corrected chi connectivity index (χ0v) is 15.2. The Kier molecular flexibility index (Phi) is 3.86. The van der Waals surface area contributed by atoms with Gasteiger partial charge in [-0.3, -0.25) is 9.59 Å². The average molecular weight is 369 g/mol. The number of benzene rings is 3. The minimum Gasteiger partial charge on any atom is -0.360 e. The molecule has 3 aromatic carbocycles. The van der Waals surface area contributed by atoms with Crippen LogP contribution < -0.4 is 5.32 Å². The first kappa shape index (κ1) is 16.6. The second-order valence-corrected chi connectivity index (χ2v) is 7.17. The Morgan fingerprint density at radius 1 is 0.893 bits per heavy atom. The van der Waals surface area contributed by atoms with Crippen LogP contribution in [0.15, 0.2) is 72.9 Å². The maximum absolute atomic E-state index is 12.8. The molecule has 0 radical (unpaired) electrons. The number of likely N-dealkylation sites (tertiary alicyclic amines) is 1. The van der Waals surface area contributed by atoms with Gasteiger partial charge in [-0.2, -0.15) is 0 Å². The summed E-state index contributed by atoms with van der Waals surface area (Å²) in [6.45, 7) is 0.879. The molecular formula is C23H19N3O2. The molecule has 0 saturated carbocycles. The van der Waals surface area contributed by atoms with Crippen molar-refractivity contribution in [3.8, 4) is 0 Å². The van der Waals surface area contributed by atoms with E-state index >= 15 is 0 Å². The molecule has 5 rings (SSSR count). The van der Waals surface area contributed by atoms with Crippen molar-refractivity contribution in [2.45, 2.75) is 0 Å². The maximum Gasteiger partial charge on any atom is 0.256 e. The van der Waals surface area contributed by atoms with Crippen LogP contribution in [0, 0.1) is 5.92 Å². The summed E-state index contributed by atoms with van der Waals surface area (Å²) in [5.41, 5.74) is 2.41. The Balaban J connectivity index is 1.27. The summed E-state index contributed by atoms with van der Waals surface area (Å²) in [5.74, 6) is -0.265. The minimum atomic E-state index is -0.187. The molecule has 2 amide bonds. The van der Waals surface area contributed by atoms with Gasteiger partial charge in [0, 0.05) is 41.3 Å². The number of carbonyl (C=O) groups excluding carboxylic acids is 2. The lowest BCUT2D eigenvalue weighted by Gasteiger charge is -2.38. The summed E-state index contributed by atoms with van der Waals surface area (Å²) in [6, 6.07) is 21.6. The third-order valence-electron chi connectivity index (χ3n) is 5.41. The molecule has 1 fully saturated rings. The number of carbonyl (C=O) groups is 2. The van der Waals surface area contributed by atoms with Crippen LogP contribution in [0.3, 0.4) is 0 Å². The lowest BCUT2D eigenvalue weighted by atomic mass is 9.97. The molecule has 1 aromatic heterocycles. The van der Waals surface area contributed by atoms with Gasteiger partial charge in [0.2, 0.25) is 5.91 Å². The second kappa shape index (κ2) is 6.53. The summed E-state index contributed by atoms with van der Waals surface area (Å²) in [6.07, 6.45) is 1.75. The first-order valence-electron chi connectivity index (χ1n) is 9.35. The fraction of sp³-hybridized carbons (Fsp3) is 0.130. The van der Waals surface area contributed by atoms with E-state index < -0.39 is 0 Å². The van der Waals surface area contributed by atoms with Crippen molar-refractivity contribution >= 4 is 39.2 Å². The van der Waals surface area contributed by atoms with Gasteiger partial charge in [0.15, 0.2) is 0 Å². The molecule has 5 nitrogen and oxygen atoms in total. The number of para-hydroxylation sites is 1. The van der Waals surface area contributed by atoms with Gasteiger partial charge >= 0.3 is 0 Å². The molecule has 0 spiro atoms. The van der Waals surface area contributed by atoms with Gasteiger partial charge < -0.3 is 15.2 Å². The topological polar surface area (TPSA) is 65.2 Å². The first-order chi connectivity index (χ1) is 13.7. The number of aromatic nitrogens is 1. The predicted octanol–water partition coefficient (Wildman–Crippen LogP) is 4.03. The number of aromatic amines is 1. The van der Waals surface area contributed by atoms with E-state index in [1.54, 1.807) is 11.1 Å². The molecular weight excluding hydrogens is 350 g/mol. The number of nitrogens with zero attached hydrogens (tertiary/aromatic N) is 1. The normalized spacial score (nSPS) is 14.2. The molecule has 0 bridgehead atoms. The molecule has 138 valence electrons. The summed E-state index contributed by atoms with van der Waals surface area (Å²) in [5, 5.41) is 6.05. The Morgan fingerprint density at radius 2 is 1.61 bits per heavy atom. The summed E-state index contributed by atoms with van der Waals surface area (Å²) >= 11 is 0. The highest BCUT2D eigenvalue weighted by Crippen LogP contribution is 2.27. The van der Waals surface area contributed by atoms with Crippen LogP contribution in [0.5, 0.6) is 0 Å². The number of anilines is 1. The number of fused-ring (bicyclic) bond motifs is 2. The van der Waals surface area contributed by atoms with Crippen LogP contribution in [0.25, 0.3) is 21.7 Å². The minimum absolute atomic E-state index is 0.0355. The molecule has 0 atom stereocenters. The molecule has 2 N–H and O–H groups in total. The number of H-pyrrole nitrogens is 1. The molecule has 1 saturated heterocycles. The van der Waals surface area contributed by atoms with Crippen LogP contribution in [0.2, 0.25) is 0 Å². The van der Waals surface area contributed by atoms with E-state index in [1.165, 1.54) is 0 Å². The van der Waals surface area contributed by atoms with E-state index in [0.29, 0.717) is 18.7 Å². The highest BCUT2D eigenvalue weighted by atomic mass is 16.2. The van der Waals surface area contributed by atoms with E-state index in [4.69, 9.17) is 0 Å². The Morgan fingerprint density at radius 3 is 2.46 bits per heavy atom. The van der Waals surface area contributed by atoms with Crippen molar-refractivity contribution in [2.75, 3.05) is 18.4 Å². The van der Waals surface area contributed by atoms with Gasteiger partial charge in [-0.25, -0.2) is 0 Å². The zero-order valence-electron chi connectivity index (χ0n) is 15.2. The molecule has 0 unspecified atom stereocenters. The lowest BCUT2D eigenvalue weighted by molar-refractivity contribution is -0.123. The van der Waals surface area contributed by atoms with Crippen molar-refractivity contribution in [1.82, 2.24) is 9.88 Å². The number of hydrogen-bond donors (Lipinski definition) is 2. The Labute approximate surface area is 162 Å². The number of nitrogens with one attached hydrogen (secondary N) is 2. The smallest absolute Gasteiger partial charge is 0.256 e. The molecule has 2 heterocycles. The van der Waals surface area contributed by atoms with Crippen LogP contribution in [-0.4, -0.2) is 34.8 Å². The van der Waals surface area contributed by atoms with Gasteiger partial charge in [0.1, 0.15) is 0 Å². The first-order valence-corrected chi connectivity index (χ1v) is 9.35. The van der Waals surface area contributed by atoms with Gasteiger partial charge in [-0.05, 0) is 17.5 Å². The van der Waals surface area contributed by atoms with Crippen LogP contribution >= 0.6 is 0 Å². The van der Waals surface area contributed by atoms with Crippen molar-refractivity contribution in [1.29, 1.82) is 0 Å². The summed E-state index contributed by atoms with van der Waals surface area (Å²) < 4.78 is 0. The number of amides is 2. The zero-order chi connectivity index (χ0) is 19.1. The van der Waals surface area contributed by atoms with Crippen LogP contribution in [-0.2, 0) is 4.79 Å². The molecule has 1 aliphatic rings.